The summed E-state index contributed by atoms with van der Waals surface area (Å²) in [5.41, 5.74) is 0.678. The summed E-state index contributed by atoms with van der Waals surface area (Å²) in [7, 11) is 0. The Hall–Kier alpha value is -3.01. The van der Waals surface area contributed by atoms with Gasteiger partial charge in [0.05, 0.1) is 6.54 Å². The van der Waals surface area contributed by atoms with Crippen molar-refractivity contribution in [2.24, 2.45) is 5.92 Å². The van der Waals surface area contributed by atoms with Gasteiger partial charge in [0.25, 0.3) is 12.0 Å². The maximum absolute atomic E-state index is 13.0. The molecule has 2 amide bonds. The van der Waals surface area contributed by atoms with Gasteiger partial charge in [-0.25, -0.2) is 4.98 Å². The number of amides is 2. The van der Waals surface area contributed by atoms with Crippen molar-refractivity contribution >= 4 is 29.6 Å². The molecule has 0 unspecified atom stereocenters. The number of aromatic nitrogens is 2. The predicted molar refractivity (Wildman–Crippen MR) is 105 cm³/mol. The van der Waals surface area contributed by atoms with Gasteiger partial charge in [-0.1, -0.05) is 6.07 Å². The van der Waals surface area contributed by atoms with E-state index in [-0.39, 0.29) is 35.7 Å². The standard InChI is InChI=1S/C18H20N4O3S.CH2O2/c1-11(23)21-9-12-7-13(10-21)17(22-14(12)3-2-4-16(22)24)18(25)20-8-15-19-5-6-26-15;2-1-3/h2-6,12-13,17H,7-10H2,1H3,(H,20,25);1H,(H,2,3)/t12-,13+,17-;/m1./s1. The molecule has 0 saturated carbocycles. The van der Waals surface area contributed by atoms with Gasteiger partial charge in [0.15, 0.2) is 0 Å². The minimum absolute atomic E-state index is 0.00775. The first kappa shape index (κ1) is 20.7. The van der Waals surface area contributed by atoms with Crippen molar-refractivity contribution < 1.29 is 19.5 Å². The minimum Gasteiger partial charge on any atom is -0.483 e. The summed E-state index contributed by atoms with van der Waals surface area (Å²) in [5, 5.41) is 12.5. The van der Waals surface area contributed by atoms with E-state index in [9.17, 15) is 14.4 Å². The highest BCUT2D eigenvalue weighted by Gasteiger charge is 2.44. The summed E-state index contributed by atoms with van der Waals surface area (Å²) in [6.45, 7) is 2.75. The number of hydrogen-bond donors (Lipinski definition) is 2. The van der Waals surface area contributed by atoms with Crippen LogP contribution >= 0.6 is 11.3 Å². The predicted octanol–water partition coefficient (Wildman–Crippen LogP) is 0.829. The number of carboxylic acid groups (broad SMARTS) is 1. The molecule has 3 atom stereocenters. The van der Waals surface area contributed by atoms with E-state index in [0.29, 0.717) is 19.6 Å². The fourth-order valence-electron chi connectivity index (χ4n) is 4.14. The molecule has 29 heavy (non-hydrogen) atoms. The highest BCUT2D eigenvalue weighted by molar-refractivity contribution is 7.09. The summed E-state index contributed by atoms with van der Waals surface area (Å²) in [5.74, 6) is -0.159. The lowest BCUT2D eigenvalue weighted by Crippen LogP contribution is -2.54. The zero-order valence-corrected chi connectivity index (χ0v) is 16.7. The van der Waals surface area contributed by atoms with Gasteiger partial charge >= 0.3 is 0 Å². The van der Waals surface area contributed by atoms with Crippen LogP contribution in [0, 0.1) is 5.92 Å². The van der Waals surface area contributed by atoms with Crippen molar-refractivity contribution in [3.05, 3.63) is 50.8 Å². The van der Waals surface area contributed by atoms with Crippen molar-refractivity contribution in [2.75, 3.05) is 13.1 Å². The Balaban J connectivity index is 0.000000755. The van der Waals surface area contributed by atoms with Crippen LogP contribution in [-0.4, -0.2) is 50.9 Å². The SMILES string of the molecule is CC(=O)N1C[C@H]2C[C@@H](C1)[C@H](C(=O)NCc1nccs1)n1c2cccc1=O.O=CO. The topological polar surface area (TPSA) is 122 Å². The first-order valence-electron chi connectivity index (χ1n) is 9.17. The molecular weight excluding hydrogens is 396 g/mol. The number of nitrogens with one attached hydrogen (secondary N) is 1. The van der Waals surface area contributed by atoms with Crippen molar-refractivity contribution in [3.8, 4) is 0 Å². The van der Waals surface area contributed by atoms with Crippen LogP contribution in [-0.2, 0) is 20.9 Å². The number of fused-ring (bicyclic) bond motifs is 4. The van der Waals surface area contributed by atoms with Crippen LogP contribution in [0.15, 0.2) is 34.6 Å². The first-order valence-corrected chi connectivity index (χ1v) is 10.0. The minimum atomic E-state index is -0.600. The van der Waals surface area contributed by atoms with E-state index in [1.54, 1.807) is 28.7 Å². The van der Waals surface area contributed by atoms with Crippen molar-refractivity contribution in [3.63, 3.8) is 0 Å². The summed E-state index contributed by atoms with van der Waals surface area (Å²) < 4.78 is 1.63. The van der Waals surface area contributed by atoms with Crippen molar-refractivity contribution in [2.45, 2.75) is 31.8 Å². The molecule has 9 nitrogen and oxygen atoms in total. The van der Waals surface area contributed by atoms with Gasteiger partial charge in [0, 0.05) is 55.2 Å². The number of likely N-dealkylation sites (tertiary alicyclic amines) is 1. The van der Waals surface area contributed by atoms with Crippen molar-refractivity contribution in [1.82, 2.24) is 19.8 Å². The lowest BCUT2D eigenvalue weighted by Gasteiger charge is -2.46. The Morgan fingerprint density at radius 1 is 1.38 bits per heavy atom. The average Bonchev–Trinajstić information content (AvgIpc) is 3.21. The zero-order chi connectivity index (χ0) is 21.0. The Morgan fingerprint density at radius 3 is 2.79 bits per heavy atom. The summed E-state index contributed by atoms with van der Waals surface area (Å²) >= 11 is 1.48. The number of hydrogen-bond acceptors (Lipinski definition) is 6. The third-order valence-corrected chi connectivity index (χ3v) is 6.04. The van der Waals surface area contributed by atoms with Gasteiger partial charge in [0.1, 0.15) is 11.0 Å². The first-order chi connectivity index (χ1) is 14.0. The molecular formula is C19H22N4O5S. The molecule has 2 aliphatic heterocycles. The Kier molecular flexibility index (Phi) is 6.42. The van der Waals surface area contributed by atoms with Crippen LogP contribution < -0.4 is 10.9 Å². The van der Waals surface area contributed by atoms with E-state index >= 15 is 0 Å². The molecule has 2 N–H and O–H groups in total. The van der Waals surface area contributed by atoms with E-state index < -0.39 is 6.04 Å². The van der Waals surface area contributed by atoms with E-state index in [1.165, 1.54) is 17.4 Å². The second-order valence-corrected chi connectivity index (χ2v) is 7.95. The van der Waals surface area contributed by atoms with E-state index in [0.717, 1.165) is 17.1 Å². The smallest absolute Gasteiger partial charge is 0.290 e. The van der Waals surface area contributed by atoms with Gasteiger partial charge in [-0.3, -0.25) is 23.7 Å². The molecule has 2 aromatic heterocycles. The molecule has 2 aliphatic rings. The third-order valence-electron chi connectivity index (χ3n) is 5.26. The summed E-state index contributed by atoms with van der Waals surface area (Å²) in [6, 6.07) is 4.52. The van der Waals surface area contributed by atoms with Gasteiger partial charge in [-0.05, 0) is 12.5 Å². The third kappa shape index (κ3) is 4.37. The molecule has 4 rings (SSSR count). The molecule has 0 aliphatic carbocycles. The molecule has 0 radical (unpaired) electrons. The van der Waals surface area contributed by atoms with Gasteiger partial charge in [0.2, 0.25) is 11.8 Å². The highest BCUT2D eigenvalue weighted by atomic mass is 32.1. The van der Waals surface area contributed by atoms with Crippen LogP contribution in [0.2, 0.25) is 0 Å². The quantitative estimate of drug-likeness (QED) is 0.712. The van der Waals surface area contributed by atoms with E-state index in [4.69, 9.17) is 9.90 Å². The Morgan fingerprint density at radius 2 is 2.14 bits per heavy atom. The lowest BCUT2D eigenvalue weighted by atomic mass is 9.78. The number of rotatable bonds is 3. The number of thiazole rings is 1. The summed E-state index contributed by atoms with van der Waals surface area (Å²) in [6.07, 6.45) is 2.51. The number of pyridine rings is 1. The number of carbonyl (C=O) groups excluding carboxylic acids is 2. The second-order valence-electron chi connectivity index (χ2n) is 6.97. The van der Waals surface area contributed by atoms with Crippen LogP contribution in [0.4, 0.5) is 0 Å². The molecule has 0 spiro atoms. The number of piperidine rings is 1. The molecule has 2 bridgehead atoms. The second kappa shape index (κ2) is 8.99. The highest BCUT2D eigenvalue weighted by Crippen LogP contribution is 2.41. The van der Waals surface area contributed by atoms with E-state index in [2.05, 4.69) is 10.3 Å². The monoisotopic (exact) mass is 418 g/mol. The maximum atomic E-state index is 13.0. The molecule has 2 aromatic rings. The molecule has 1 saturated heterocycles. The molecule has 1 fully saturated rings. The molecule has 4 heterocycles. The average molecular weight is 418 g/mol. The lowest BCUT2D eigenvalue weighted by molar-refractivity contribution is -0.135. The molecule has 154 valence electrons. The van der Waals surface area contributed by atoms with Gasteiger partial charge < -0.3 is 15.3 Å². The van der Waals surface area contributed by atoms with Crippen LogP contribution in [0.25, 0.3) is 0 Å². The normalized spacial score (nSPS) is 22.0. The Labute approximate surface area is 171 Å². The summed E-state index contributed by atoms with van der Waals surface area (Å²) in [4.78, 5) is 51.8. The number of carbonyl (C=O) groups is 3. The zero-order valence-electron chi connectivity index (χ0n) is 15.9. The molecule has 10 heteroatoms. The molecule has 0 aromatic carbocycles. The van der Waals surface area contributed by atoms with Crippen LogP contribution in [0.1, 0.15) is 36.0 Å². The number of nitrogens with zero attached hydrogens (tertiary/aromatic N) is 3. The van der Waals surface area contributed by atoms with E-state index in [1.807, 2.05) is 11.4 Å². The fraction of sp³-hybridized carbons (Fsp3) is 0.421. The van der Waals surface area contributed by atoms with Crippen molar-refractivity contribution in [1.29, 1.82) is 0 Å². The Bertz CT molecular complexity index is 942. The maximum Gasteiger partial charge on any atom is 0.290 e. The largest absolute Gasteiger partial charge is 0.483 e. The fourth-order valence-corrected chi connectivity index (χ4v) is 4.69. The van der Waals surface area contributed by atoms with Crippen LogP contribution in [0.3, 0.4) is 0 Å². The van der Waals surface area contributed by atoms with Crippen LogP contribution in [0.5, 0.6) is 0 Å². The van der Waals surface area contributed by atoms with Gasteiger partial charge in [-0.2, -0.15) is 0 Å². The van der Waals surface area contributed by atoms with Gasteiger partial charge in [-0.15, -0.1) is 11.3 Å².